The molecule has 0 heterocycles. The lowest BCUT2D eigenvalue weighted by atomic mass is 10.3. The topological polar surface area (TPSA) is 78.4 Å². The summed E-state index contributed by atoms with van der Waals surface area (Å²) < 4.78 is 0. The highest BCUT2D eigenvalue weighted by Crippen LogP contribution is 2.18. The molecule has 1 rings (SSSR count). The highest BCUT2D eigenvalue weighted by atomic mass is 16.4. The molecule has 0 spiro atoms. The molecular formula is C9H16N2O3. The number of carbonyl (C=O) groups excluding carboxylic acids is 1. The van der Waals surface area contributed by atoms with Crippen molar-refractivity contribution in [3.63, 3.8) is 0 Å². The van der Waals surface area contributed by atoms with Gasteiger partial charge in [-0.05, 0) is 25.8 Å². The van der Waals surface area contributed by atoms with E-state index in [-0.39, 0.29) is 18.9 Å². The van der Waals surface area contributed by atoms with E-state index in [0.717, 1.165) is 12.8 Å². The Morgan fingerprint density at radius 3 is 2.64 bits per heavy atom. The molecule has 1 amide bonds. The van der Waals surface area contributed by atoms with Crippen molar-refractivity contribution in [3.8, 4) is 0 Å². The molecule has 0 aromatic heterocycles. The van der Waals surface area contributed by atoms with E-state index in [2.05, 4.69) is 10.6 Å². The SMILES string of the molecule is O=C(O)CCCNCC(=O)NC1CC1. The summed E-state index contributed by atoms with van der Waals surface area (Å²) >= 11 is 0. The van der Waals surface area contributed by atoms with Crippen LogP contribution in [0.1, 0.15) is 25.7 Å². The number of nitrogens with one attached hydrogen (secondary N) is 2. The Morgan fingerprint density at radius 2 is 2.07 bits per heavy atom. The van der Waals surface area contributed by atoms with Crippen LogP contribution in [0, 0.1) is 0 Å². The quantitative estimate of drug-likeness (QED) is 0.494. The van der Waals surface area contributed by atoms with Crippen LogP contribution in [0.5, 0.6) is 0 Å². The summed E-state index contributed by atoms with van der Waals surface area (Å²) in [6.07, 6.45) is 2.89. The summed E-state index contributed by atoms with van der Waals surface area (Å²) in [7, 11) is 0. The number of rotatable bonds is 7. The van der Waals surface area contributed by atoms with E-state index in [1.54, 1.807) is 0 Å². The van der Waals surface area contributed by atoms with Crippen LogP contribution in [0.4, 0.5) is 0 Å². The van der Waals surface area contributed by atoms with Crippen LogP contribution in [0.2, 0.25) is 0 Å². The zero-order valence-electron chi connectivity index (χ0n) is 8.08. The lowest BCUT2D eigenvalue weighted by molar-refractivity contribution is -0.137. The normalized spacial score (nSPS) is 15.1. The number of carbonyl (C=O) groups is 2. The minimum atomic E-state index is -0.797. The summed E-state index contributed by atoms with van der Waals surface area (Å²) in [5.74, 6) is -0.794. The standard InChI is InChI=1S/C9H16N2O3/c12-8(11-7-3-4-7)6-10-5-1-2-9(13)14/h7,10H,1-6H2,(H,11,12)(H,13,14). The highest BCUT2D eigenvalue weighted by molar-refractivity contribution is 5.78. The van der Waals surface area contributed by atoms with Crippen LogP contribution >= 0.6 is 0 Å². The van der Waals surface area contributed by atoms with Crippen LogP contribution in [0.25, 0.3) is 0 Å². The van der Waals surface area contributed by atoms with Gasteiger partial charge in [-0.25, -0.2) is 0 Å². The predicted molar refractivity (Wildman–Crippen MR) is 50.9 cm³/mol. The number of hydrogen-bond acceptors (Lipinski definition) is 3. The maximum Gasteiger partial charge on any atom is 0.303 e. The third-order valence-corrected chi connectivity index (χ3v) is 1.97. The van der Waals surface area contributed by atoms with Gasteiger partial charge in [-0.2, -0.15) is 0 Å². The van der Waals surface area contributed by atoms with Gasteiger partial charge in [0.25, 0.3) is 0 Å². The van der Waals surface area contributed by atoms with Crippen molar-refractivity contribution < 1.29 is 14.7 Å². The van der Waals surface area contributed by atoms with Crippen molar-refractivity contribution in [2.75, 3.05) is 13.1 Å². The minimum Gasteiger partial charge on any atom is -0.481 e. The zero-order chi connectivity index (χ0) is 10.4. The van der Waals surface area contributed by atoms with Gasteiger partial charge in [0, 0.05) is 12.5 Å². The molecule has 1 fully saturated rings. The first-order chi connectivity index (χ1) is 6.68. The van der Waals surface area contributed by atoms with Gasteiger partial charge in [-0.15, -0.1) is 0 Å². The van der Waals surface area contributed by atoms with Crippen molar-refractivity contribution in [2.24, 2.45) is 0 Å². The fourth-order valence-electron chi connectivity index (χ4n) is 1.07. The van der Waals surface area contributed by atoms with Gasteiger partial charge in [-0.3, -0.25) is 9.59 Å². The molecule has 0 radical (unpaired) electrons. The molecule has 0 atom stereocenters. The molecule has 0 unspecified atom stereocenters. The lowest BCUT2D eigenvalue weighted by Crippen LogP contribution is -2.35. The van der Waals surface area contributed by atoms with E-state index in [0.29, 0.717) is 19.0 Å². The molecule has 0 saturated heterocycles. The molecule has 80 valence electrons. The van der Waals surface area contributed by atoms with Gasteiger partial charge in [0.1, 0.15) is 0 Å². The number of amides is 1. The summed E-state index contributed by atoms with van der Waals surface area (Å²) in [5.41, 5.74) is 0. The molecule has 1 aliphatic rings. The Labute approximate surface area is 82.9 Å². The second-order valence-corrected chi connectivity index (χ2v) is 3.52. The number of carboxylic acid groups (broad SMARTS) is 1. The van der Waals surface area contributed by atoms with Gasteiger partial charge in [0.15, 0.2) is 0 Å². The molecule has 5 heteroatoms. The Hall–Kier alpha value is -1.10. The molecule has 0 aromatic rings. The number of aliphatic carboxylic acids is 1. The van der Waals surface area contributed by atoms with Crippen LogP contribution in [-0.4, -0.2) is 36.1 Å². The van der Waals surface area contributed by atoms with Gasteiger partial charge >= 0.3 is 5.97 Å². The first kappa shape index (κ1) is 11.0. The molecule has 14 heavy (non-hydrogen) atoms. The third-order valence-electron chi connectivity index (χ3n) is 1.97. The van der Waals surface area contributed by atoms with E-state index in [4.69, 9.17) is 5.11 Å². The molecule has 0 aromatic carbocycles. The van der Waals surface area contributed by atoms with E-state index in [1.807, 2.05) is 0 Å². The second kappa shape index (κ2) is 5.59. The maximum absolute atomic E-state index is 11.1. The molecule has 3 N–H and O–H groups in total. The number of carboxylic acids is 1. The molecule has 0 bridgehead atoms. The largest absolute Gasteiger partial charge is 0.481 e. The molecule has 5 nitrogen and oxygen atoms in total. The van der Waals surface area contributed by atoms with Gasteiger partial charge in [-0.1, -0.05) is 0 Å². The van der Waals surface area contributed by atoms with Crippen molar-refractivity contribution in [2.45, 2.75) is 31.7 Å². The van der Waals surface area contributed by atoms with Gasteiger partial charge in [0.05, 0.1) is 6.54 Å². The van der Waals surface area contributed by atoms with Crippen LogP contribution < -0.4 is 10.6 Å². The fraction of sp³-hybridized carbons (Fsp3) is 0.778. The highest BCUT2D eigenvalue weighted by Gasteiger charge is 2.22. The summed E-state index contributed by atoms with van der Waals surface area (Å²) in [6.45, 7) is 0.862. The van der Waals surface area contributed by atoms with E-state index in [9.17, 15) is 9.59 Å². The summed E-state index contributed by atoms with van der Waals surface area (Å²) in [5, 5.41) is 14.1. The maximum atomic E-state index is 11.1. The van der Waals surface area contributed by atoms with Gasteiger partial charge < -0.3 is 15.7 Å². The monoisotopic (exact) mass is 200 g/mol. The van der Waals surface area contributed by atoms with E-state index < -0.39 is 5.97 Å². The van der Waals surface area contributed by atoms with Crippen molar-refractivity contribution in [1.82, 2.24) is 10.6 Å². The zero-order valence-corrected chi connectivity index (χ0v) is 8.08. The van der Waals surface area contributed by atoms with Crippen molar-refractivity contribution in [1.29, 1.82) is 0 Å². The van der Waals surface area contributed by atoms with Crippen molar-refractivity contribution >= 4 is 11.9 Å². The molecule has 1 aliphatic carbocycles. The van der Waals surface area contributed by atoms with Crippen molar-refractivity contribution in [3.05, 3.63) is 0 Å². The first-order valence-corrected chi connectivity index (χ1v) is 4.90. The smallest absolute Gasteiger partial charge is 0.303 e. The van der Waals surface area contributed by atoms with Crippen LogP contribution in [0.3, 0.4) is 0 Å². The predicted octanol–water partition coefficient (Wildman–Crippen LogP) is -0.281. The summed E-state index contributed by atoms with van der Waals surface area (Å²) in [4.78, 5) is 21.2. The minimum absolute atomic E-state index is 0.00262. The lowest BCUT2D eigenvalue weighted by Gasteiger charge is -2.04. The Bertz CT molecular complexity index is 214. The first-order valence-electron chi connectivity index (χ1n) is 4.90. The molecule has 0 aliphatic heterocycles. The fourth-order valence-corrected chi connectivity index (χ4v) is 1.07. The average Bonchev–Trinajstić information content (AvgIpc) is 2.87. The average molecular weight is 200 g/mol. The summed E-state index contributed by atoms with van der Waals surface area (Å²) in [6, 6.07) is 0.392. The van der Waals surface area contributed by atoms with Crippen LogP contribution in [0.15, 0.2) is 0 Å². The van der Waals surface area contributed by atoms with Gasteiger partial charge in [0.2, 0.25) is 5.91 Å². The van der Waals surface area contributed by atoms with E-state index >= 15 is 0 Å². The number of hydrogen-bond donors (Lipinski definition) is 3. The Balaban J connectivity index is 1.87. The second-order valence-electron chi connectivity index (χ2n) is 3.52. The Kier molecular flexibility index (Phi) is 4.39. The van der Waals surface area contributed by atoms with Crippen LogP contribution in [-0.2, 0) is 9.59 Å². The molecular weight excluding hydrogens is 184 g/mol. The van der Waals surface area contributed by atoms with E-state index in [1.165, 1.54) is 0 Å². The Morgan fingerprint density at radius 1 is 1.36 bits per heavy atom. The molecule has 1 saturated carbocycles. The third kappa shape index (κ3) is 5.53.